The largest absolute Gasteiger partial charge is 1.00 e. The fraction of sp³-hybridized carbons (Fsp3) is 0.333. The molecule has 2 aliphatic heterocycles. The third-order valence-corrected chi connectivity index (χ3v) is 5.74. The van der Waals surface area contributed by atoms with Gasteiger partial charge in [0.05, 0.1) is 49.8 Å². The molecule has 12 heteroatoms. The number of carbonyl (C=O) groups excluding carboxylic acids is 2. The number of carboxylic acid groups (broad SMARTS) is 2. The van der Waals surface area contributed by atoms with E-state index in [4.69, 9.17) is 9.47 Å². The van der Waals surface area contributed by atoms with Crippen LogP contribution in [0.5, 0.6) is 0 Å². The summed E-state index contributed by atoms with van der Waals surface area (Å²) < 4.78 is 10.3. The molecule has 0 fully saturated rings. The molecule has 8 nitrogen and oxygen atoms in total. The molecule has 2 aromatic heterocycles. The van der Waals surface area contributed by atoms with Gasteiger partial charge in [0.25, 0.3) is 0 Å². The fourth-order valence-corrected chi connectivity index (χ4v) is 4.19. The van der Waals surface area contributed by atoms with E-state index in [-0.39, 0.29) is 49.1 Å². The predicted molar refractivity (Wildman–Crippen MR) is 99.7 cm³/mol. The van der Waals surface area contributed by atoms with Crippen molar-refractivity contribution >= 4 is 45.8 Å². The van der Waals surface area contributed by atoms with Crippen molar-refractivity contribution in [3.05, 3.63) is 44.3 Å². The first-order valence-electron chi connectivity index (χ1n) is 8.42. The standard InChI is InChI=1S/2C9H9NO3S.2Li/c2*11-9(12)7-5-14-8(10-7)6-1-3-13-4-2-6;;/h2*1,5H,2-4H2,(H,11,12);;/q;;2*+1/p-2. The van der Waals surface area contributed by atoms with Gasteiger partial charge in [0, 0.05) is 10.8 Å². The van der Waals surface area contributed by atoms with Gasteiger partial charge in [-0.05, 0) is 24.0 Å². The van der Waals surface area contributed by atoms with Crippen LogP contribution < -0.4 is 47.9 Å². The summed E-state index contributed by atoms with van der Waals surface area (Å²) in [5.41, 5.74) is 2.15. The number of hydrogen-bond donors (Lipinski definition) is 0. The van der Waals surface area contributed by atoms with Crippen LogP contribution in [0.3, 0.4) is 0 Å². The summed E-state index contributed by atoms with van der Waals surface area (Å²) in [7, 11) is 0. The van der Waals surface area contributed by atoms with Gasteiger partial charge in [-0.25, -0.2) is 9.97 Å². The molecule has 0 aromatic carbocycles. The Morgan fingerprint density at radius 1 is 0.800 bits per heavy atom. The molecule has 0 spiro atoms. The van der Waals surface area contributed by atoms with Gasteiger partial charge in [0.1, 0.15) is 10.0 Å². The van der Waals surface area contributed by atoms with Crippen molar-refractivity contribution < 1.29 is 67.0 Å². The minimum Gasteiger partial charge on any atom is -0.543 e. The summed E-state index contributed by atoms with van der Waals surface area (Å²) in [6.07, 6.45) is 5.45. The molecule has 0 amide bonds. The van der Waals surface area contributed by atoms with Crippen LogP contribution in [0.2, 0.25) is 0 Å². The van der Waals surface area contributed by atoms with Crippen LogP contribution in [0.4, 0.5) is 0 Å². The SMILES string of the molecule is O=C([O-])c1csc(C2=CCOCC2)n1.O=C([O-])c1csc(C2=CCOCC2)n1.[Li+].[Li+]. The topological polar surface area (TPSA) is 124 Å². The molecule has 0 unspecified atom stereocenters. The minimum absolute atomic E-state index is 0. The molecule has 30 heavy (non-hydrogen) atoms. The van der Waals surface area contributed by atoms with Crippen molar-refractivity contribution in [1.29, 1.82) is 0 Å². The Bertz CT molecular complexity index is 851. The Kier molecular flexibility index (Phi) is 11.9. The number of aromatic carboxylic acids is 2. The molecule has 4 rings (SSSR count). The van der Waals surface area contributed by atoms with E-state index in [9.17, 15) is 19.8 Å². The molecular formula is C18H16Li2N2O6S2. The minimum atomic E-state index is -1.22. The van der Waals surface area contributed by atoms with Crippen LogP contribution in [-0.4, -0.2) is 48.3 Å². The predicted octanol–water partition coefficient (Wildman–Crippen LogP) is -5.37. The molecule has 0 radical (unpaired) electrons. The van der Waals surface area contributed by atoms with Gasteiger partial charge in [-0.2, -0.15) is 0 Å². The van der Waals surface area contributed by atoms with Crippen LogP contribution in [0, 0.1) is 0 Å². The maximum Gasteiger partial charge on any atom is 1.00 e. The third-order valence-electron chi connectivity index (χ3n) is 3.90. The van der Waals surface area contributed by atoms with Gasteiger partial charge in [-0.3, -0.25) is 0 Å². The number of carbonyl (C=O) groups is 2. The summed E-state index contributed by atoms with van der Waals surface area (Å²) in [5, 5.41) is 25.5. The molecule has 4 heterocycles. The summed E-state index contributed by atoms with van der Waals surface area (Å²) in [5.74, 6) is -2.44. The molecular weight excluding hydrogens is 418 g/mol. The Morgan fingerprint density at radius 3 is 1.47 bits per heavy atom. The molecule has 0 saturated heterocycles. The van der Waals surface area contributed by atoms with Gasteiger partial charge >= 0.3 is 37.7 Å². The van der Waals surface area contributed by atoms with E-state index in [1.807, 2.05) is 12.2 Å². The number of aromatic nitrogens is 2. The summed E-state index contributed by atoms with van der Waals surface area (Å²) >= 11 is 2.66. The molecule has 0 saturated carbocycles. The second-order valence-corrected chi connectivity index (χ2v) is 7.48. The van der Waals surface area contributed by atoms with Gasteiger partial charge < -0.3 is 29.3 Å². The Morgan fingerprint density at radius 2 is 1.20 bits per heavy atom. The van der Waals surface area contributed by atoms with Crippen molar-refractivity contribution in [2.45, 2.75) is 12.8 Å². The molecule has 2 aliphatic rings. The van der Waals surface area contributed by atoms with E-state index in [0.717, 1.165) is 34.0 Å². The zero-order valence-corrected chi connectivity index (χ0v) is 18.3. The summed E-state index contributed by atoms with van der Waals surface area (Å²) in [6.45, 7) is 2.50. The first kappa shape index (κ1) is 26.8. The van der Waals surface area contributed by atoms with Gasteiger partial charge in [-0.1, -0.05) is 12.2 Å². The average molecular weight is 434 g/mol. The Hall–Kier alpha value is -1.21. The van der Waals surface area contributed by atoms with Crippen molar-refractivity contribution in [3.63, 3.8) is 0 Å². The first-order chi connectivity index (χ1) is 13.5. The van der Waals surface area contributed by atoms with Crippen molar-refractivity contribution in [2.24, 2.45) is 0 Å². The second kappa shape index (κ2) is 13.3. The molecule has 0 atom stereocenters. The van der Waals surface area contributed by atoms with E-state index >= 15 is 0 Å². The number of nitrogens with zero attached hydrogens (tertiary/aromatic N) is 2. The molecule has 0 aliphatic carbocycles. The second-order valence-electron chi connectivity index (χ2n) is 5.76. The van der Waals surface area contributed by atoms with E-state index in [1.165, 1.54) is 33.4 Å². The molecule has 2 aromatic rings. The zero-order chi connectivity index (χ0) is 19.9. The number of ether oxygens (including phenoxy) is 2. The maximum absolute atomic E-state index is 10.5. The number of carboxylic acids is 2. The van der Waals surface area contributed by atoms with Crippen LogP contribution in [0.15, 0.2) is 22.9 Å². The fourth-order valence-electron chi connectivity index (χ4n) is 2.47. The zero-order valence-electron chi connectivity index (χ0n) is 16.7. The number of rotatable bonds is 4. The Labute approximate surface area is 205 Å². The average Bonchev–Trinajstić information content (AvgIpc) is 3.40. The van der Waals surface area contributed by atoms with Gasteiger partial charge in [-0.15, -0.1) is 22.7 Å². The summed E-state index contributed by atoms with van der Waals surface area (Å²) in [4.78, 5) is 28.9. The smallest absolute Gasteiger partial charge is 0.543 e. The first-order valence-corrected chi connectivity index (χ1v) is 10.2. The van der Waals surface area contributed by atoms with E-state index in [1.54, 1.807) is 0 Å². The van der Waals surface area contributed by atoms with Gasteiger partial charge in [0.15, 0.2) is 0 Å². The van der Waals surface area contributed by atoms with E-state index in [0.29, 0.717) is 26.4 Å². The van der Waals surface area contributed by atoms with Crippen LogP contribution in [-0.2, 0) is 9.47 Å². The van der Waals surface area contributed by atoms with Crippen LogP contribution in [0.25, 0.3) is 11.1 Å². The molecule has 0 N–H and O–H groups in total. The van der Waals surface area contributed by atoms with Crippen LogP contribution in [0.1, 0.15) is 43.8 Å². The number of hydrogen-bond acceptors (Lipinski definition) is 10. The van der Waals surface area contributed by atoms with E-state index in [2.05, 4.69) is 9.97 Å². The normalized spacial score (nSPS) is 15.3. The van der Waals surface area contributed by atoms with Crippen molar-refractivity contribution in [3.8, 4) is 0 Å². The Balaban J connectivity index is 0.000000281. The maximum atomic E-state index is 10.5. The quantitative estimate of drug-likeness (QED) is 0.437. The summed E-state index contributed by atoms with van der Waals surface area (Å²) in [6, 6.07) is 0. The van der Waals surface area contributed by atoms with Gasteiger partial charge in [0.2, 0.25) is 0 Å². The van der Waals surface area contributed by atoms with E-state index < -0.39 is 11.9 Å². The van der Waals surface area contributed by atoms with Crippen molar-refractivity contribution in [1.82, 2.24) is 9.97 Å². The molecule has 0 bridgehead atoms. The third kappa shape index (κ3) is 7.49. The number of thiazole rings is 2. The molecule has 148 valence electrons. The van der Waals surface area contributed by atoms with Crippen LogP contribution >= 0.6 is 22.7 Å². The van der Waals surface area contributed by atoms with Crippen molar-refractivity contribution in [2.75, 3.05) is 26.4 Å². The monoisotopic (exact) mass is 434 g/mol.